The van der Waals surface area contributed by atoms with Crippen LogP contribution in [0.2, 0.25) is 0 Å². The van der Waals surface area contributed by atoms with E-state index in [1.165, 1.54) is 17.7 Å². The lowest BCUT2D eigenvalue weighted by Gasteiger charge is -2.26. The van der Waals surface area contributed by atoms with Crippen molar-refractivity contribution in [1.29, 1.82) is 0 Å². The Morgan fingerprint density at radius 2 is 1.73 bits per heavy atom. The highest BCUT2D eigenvalue weighted by Gasteiger charge is 2.31. The summed E-state index contributed by atoms with van der Waals surface area (Å²) >= 11 is 0. The Labute approximate surface area is 129 Å². The second-order valence-electron chi connectivity index (χ2n) is 5.92. The lowest BCUT2D eigenvalue weighted by molar-refractivity contribution is -0.119. The zero-order chi connectivity index (χ0) is 15.7. The lowest BCUT2D eigenvalue weighted by atomic mass is 10.0. The van der Waals surface area contributed by atoms with Crippen molar-refractivity contribution in [2.75, 3.05) is 5.01 Å². The van der Waals surface area contributed by atoms with E-state index >= 15 is 0 Å². The topological polar surface area (TPSA) is 32.3 Å². The second-order valence-corrected chi connectivity index (χ2v) is 5.92. The van der Waals surface area contributed by atoms with Crippen molar-refractivity contribution < 1.29 is 9.18 Å². The summed E-state index contributed by atoms with van der Waals surface area (Å²) in [6.07, 6.45) is 0.373. The van der Waals surface area contributed by atoms with Gasteiger partial charge in [0.15, 0.2) is 0 Å². The fraction of sp³-hybridized carbons (Fsp3) is 0.278. The maximum atomic E-state index is 13.1. The highest BCUT2D eigenvalue weighted by atomic mass is 19.1. The summed E-state index contributed by atoms with van der Waals surface area (Å²) in [5.74, 6) is 0.172. The number of amides is 1. The first-order valence-corrected chi connectivity index (χ1v) is 7.49. The Morgan fingerprint density at radius 1 is 1.09 bits per heavy atom. The van der Waals surface area contributed by atoms with Crippen molar-refractivity contribution in [3.05, 3.63) is 65.5 Å². The van der Waals surface area contributed by atoms with Crippen LogP contribution in [0.3, 0.4) is 0 Å². The van der Waals surface area contributed by atoms with Crippen LogP contribution in [0.15, 0.2) is 48.5 Å². The van der Waals surface area contributed by atoms with Crippen molar-refractivity contribution in [2.45, 2.75) is 32.2 Å². The lowest BCUT2D eigenvalue weighted by Crippen LogP contribution is -2.34. The summed E-state index contributed by atoms with van der Waals surface area (Å²) in [6, 6.07) is 14.4. The van der Waals surface area contributed by atoms with Gasteiger partial charge in [-0.2, -0.15) is 0 Å². The first-order valence-electron chi connectivity index (χ1n) is 7.49. The molecule has 2 aromatic carbocycles. The number of anilines is 1. The average Bonchev–Trinajstić information content (AvgIpc) is 2.90. The van der Waals surface area contributed by atoms with Crippen LogP contribution in [0.25, 0.3) is 0 Å². The summed E-state index contributed by atoms with van der Waals surface area (Å²) < 4.78 is 13.1. The van der Waals surface area contributed by atoms with Gasteiger partial charge >= 0.3 is 0 Å². The zero-order valence-electron chi connectivity index (χ0n) is 12.7. The molecule has 1 fully saturated rings. The van der Waals surface area contributed by atoms with Crippen LogP contribution in [-0.4, -0.2) is 5.91 Å². The number of rotatable bonds is 3. The summed E-state index contributed by atoms with van der Waals surface area (Å²) in [6.45, 7) is 4.29. The zero-order valence-corrected chi connectivity index (χ0v) is 12.7. The van der Waals surface area contributed by atoms with Crippen LogP contribution >= 0.6 is 0 Å². The molecule has 1 saturated heterocycles. The molecule has 3 rings (SSSR count). The summed E-state index contributed by atoms with van der Waals surface area (Å²) in [7, 11) is 0. The van der Waals surface area contributed by atoms with Gasteiger partial charge in [-0.3, -0.25) is 15.2 Å². The fourth-order valence-electron chi connectivity index (χ4n) is 2.74. The molecule has 0 aromatic heterocycles. The van der Waals surface area contributed by atoms with E-state index in [4.69, 9.17) is 0 Å². The Morgan fingerprint density at radius 3 is 2.32 bits per heavy atom. The molecule has 1 aliphatic rings. The first-order chi connectivity index (χ1) is 10.5. The predicted octanol–water partition coefficient (Wildman–Crippen LogP) is 3.93. The third kappa shape index (κ3) is 2.82. The molecule has 2 aromatic rings. The van der Waals surface area contributed by atoms with Gasteiger partial charge in [-0.15, -0.1) is 0 Å². The van der Waals surface area contributed by atoms with Crippen LogP contribution in [0.1, 0.15) is 43.4 Å². The van der Waals surface area contributed by atoms with E-state index in [1.54, 1.807) is 12.1 Å². The number of hydrogen-bond donors (Lipinski definition) is 1. The van der Waals surface area contributed by atoms with Gasteiger partial charge in [-0.1, -0.05) is 38.1 Å². The van der Waals surface area contributed by atoms with Crippen molar-refractivity contribution in [1.82, 2.24) is 5.43 Å². The van der Waals surface area contributed by atoms with Crippen molar-refractivity contribution in [3.63, 3.8) is 0 Å². The molecule has 4 heteroatoms. The first kappa shape index (κ1) is 14.6. The van der Waals surface area contributed by atoms with Crippen molar-refractivity contribution >= 4 is 11.6 Å². The SMILES string of the molecule is CC(C)c1ccc(N2NC(=O)CC2c2ccc(F)cc2)cc1. The van der Waals surface area contributed by atoms with Crippen molar-refractivity contribution in [3.8, 4) is 0 Å². The third-order valence-corrected chi connectivity index (χ3v) is 4.03. The minimum Gasteiger partial charge on any atom is -0.278 e. The van der Waals surface area contributed by atoms with Gasteiger partial charge in [-0.05, 0) is 41.3 Å². The molecule has 0 spiro atoms. The molecule has 114 valence electrons. The van der Waals surface area contributed by atoms with E-state index in [9.17, 15) is 9.18 Å². The van der Waals surface area contributed by atoms with Crippen LogP contribution < -0.4 is 10.4 Å². The number of hydrazine groups is 1. The van der Waals surface area contributed by atoms with E-state index in [-0.39, 0.29) is 17.8 Å². The Bertz CT molecular complexity index is 664. The van der Waals surface area contributed by atoms with E-state index in [0.29, 0.717) is 12.3 Å². The molecular weight excluding hydrogens is 279 g/mol. The maximum Gasteiger partial charge on any atom is 0.241 e. The molecule has 0 saturated carbocycles. The smallest absolute Gasteiger partial charge is 0.241 e. The molecule has 3 nitrogen and oxygen atoms in total. The van der Waals surface area contributed by atoms with Crippen LogP contribution in [0.4, 0.5) is 10.1 Å². The van der Waals surface area contributed by atoms with E-state index in [0.717, 1.165) is 11.3 Å². The number of nitrogens with one attached hydrogen (secondary N) is 1. The van der Waals surface area contributed by atoms with Gasteiger partial charge in [0.05, 0.1) is 18.2 Å². The highest BCUT2D eigenvalue weighted by Crippen LogP contribution is 2.32. The number of halogens is 1. The molecule has 0 radical (unpaired) electrons. The number of hydrogen-bond acceptors (Lipinski definition) is 2. The minimum absolute atomic E-state index is 0.0257. The molecule has 1 N–H and O–H groups in total. The molecular formula is C18H19FN2O. The Balaban J connectivity index is 1.90. The van der Waals surface area contributed by atoms with Gasteiger partial charge in [0.25, 0.3) is 0 Å². The van der Waals surface area contributed by atoms with Crippen LogP contribution in [0.5, 0.6) is 0 Å². The third-order valence-electron chi connectivity index (χ3n) is 4.03. The average molecular weight is 298 g/mol. The van der Waals surface area contributed by atoms with Gasteiger partial charge in [0.2, 0.25) is 5.91 Å². The summed E-state index contributed by atoms with van der Waals surface area (Å²) in [5, 5.41) is 1.86. The molecule has 1 unspecified atom stereocenters. The highest BCUT2D eigenvalue weighted by molar-refractivity contribution is 5.83. The number of carbonyl (C=O) groups excluding carboxylic acids is 1. The quantitative estimate of drug-likeness (QED) is 0.931. The molecule has 22 heavy (non-hydrogen) atoms. The van der Waals surface area contributed by atoms with Crippen LogP contribution in [-0.2, 0) is 4.79 Å². The van der Waals surface area contributed by atoms with Gasteiger partial charge in [0.1, 0.15) is 5.82 Å². The van der Waals surface area contributed by atoms with Crippen molar-refractivity contribution in [2.24, 2.45) is 0 Å². The monoisotopic (exact) mass is 298 g/mol. The van der Waals surface area contributed by atoms with E-state index in [2.05, 4.69) is 31.4 Å². The normalized spacial score (nSPS) is 17.9. The molecule has 0 aliphatic carbocycles. The summed E-state index contributed by atoms with van der Waals surface area (Å²) in [4.78, 5) is 11.8. The Hall–Kier alpha value is -2.36. The van der Waals surface area contributed by atoms with E-state index in [1.807, 2.05) is 17.1 Å². The van der Waals surface area contributed by atoms with Gasteiger partial charge < -0.3 is 0 Å². The largest absolute Gasteiger partial charge is 0.278 e. The number of nitrogens with zero attached hydrogens (tertiary/aromatic N) is 1. The second kappa shape index (κ2) is 5.79. The molecule has 1 heterocycles. The van der Waals surface area contributed by atoms with Crippen LogP contribution in [0, 0.1) is 5.82 Å². The standard InChI is InChI=1S/C18H19FN2O/c1-12(2)13-5-9-16(10-6-13)21-17(11-18(22)20-21)14-3-7-15(19)8-4-14/h3-10,12,17H,11H2,1-2H3,(H,20,22). The number of benzene rings is 2. The fourth-order valence-corrected chi connectivity index (χ4v) is 2.74. The number of carbonyl (C=O) groups is 1. The predicted molar refractivity (Wildman–Crippen MR) is 84.9 cm³/mol. The molecule has 1 amide bonds. The molecule has 0 bridgehead atoms. The molecule has 1 aliphatic heterocycles. The van der Waals surface area contributed by atoms with Gasteiger partial charge in [-0.25, -0.2) is 4.39 Å². The molecule has 1 atom stereocenters. The summed E-state index contributed by atoms with van der Waals surface area (Å²) in [5.41, 5.74) is 6.00. The maximum absolute atomic E-state index is 13.1. The minimum atomic E-state index is -0.270. The Kier molecular flexibility index (Phi) is 3.84. The van der Waals surface area contributed by atoms with E-state index < -0.39 is 0 Å². The van der Waals surface area contributed by atoms with Gasteiger partial charge in [0, 0.05) is 0 Å².